The van der Waals surface area contributed by atoms with Crippen molar-refractivity contribution < 1.29 is 4.74 Å². The molecular weight excluding hydrogens is 246 g/mol. The van der Waals surface area contributed by atoms with Gasteiger partial charge in [0.1, 0.15) is 0 Å². The van der Waals surface area contributed by atoms with E-state index < -0.39 is 0 Å². The molecule has 0 N–H and O–H groups in total. The predicted octanol–water partition coefficient (Wildman–Crippen LogP) is 3.11. The van der Waals surface area contributed by atoms with E-state index in [4.69, 9.17) is 4.74 Å². The van der Waals surface area contributed by atoms with Gasteiger partial charge in [-0.15, -0.1) is 0 Å². The van der Waals surface area contributed by atoms with E-state index >= 15 is 0 Å². The molecule has 2 aromatic carbocycles. The fourth-order valence-corrected chi connectivity index (χ4v) is 2.70. The summed E-state index contributed by atoms with van der Waals surface area (Å²) in [6.45, 7) is 4.84. The van der Waals surface area contributed by atoms with Crippen molar-refractivity contribution in [2.75, 3.05) is 26.3 Å². The van der Waals surface area contributed by atoms with Crippen molar-refractivity contribution >= 4 is 0 Å². The van der Waals surface area contributed by atoms with Crippen LogP contribution in [-0.4, -0.2) is 31.2 Å². The maximum absolute atomic E-state index is 5.42. The lowest BCUT2D eigenvalue weighted by Gasteiger charge is -2.27. The van der Waals surface area contributed by atoms with E-state index in [0.717, 1.165) is 39.3 Å². The average Bonchev–Trinajstić information content (AvgIpc) is 2.51. The molecule has 0 unspecified atom stereocenters. The van der Waals surface area contributed by atoms with Gasteiger partial charge in [0, 0.05) is 19.6 Å². The van der Waals surface area contributed by atoms with Crippen LogP contribution in [0.1, 0.15) is 16.7 Å². The third-order valence-electron chi connectivity index (χ3n) is 3.85. The second-order valence-corrected chi connectivity index (χ2v) is 5.32. The molecular formula is C18H21NO. The van der Waals surface area contributed by atoms with Crippen LogP contribution in [0.5, 0.6) is 0 Å². The highest BCUT2D eigenvalue weighted by atomic mass is 16.5. The van der Waals surface area contributed by atoms with Gasteiger partial charge in [-0.3, -0.25) is 4.90 Å². The third kappa shape index (κ3) is 3.47. The zero-order chi connectivity index (χ0) is 13.6. The Morgan fingerprint density at radius 1 is 0.800 bits per heavy atom. The van der Waals surface area contributed by atoms with E-state index in [9.17, 15) is 0 Å². The van der Waals surface area contributed by atoms with Crippen LogP contribution < -0.4 is 0 Å². The van der Waals surface area contributed by atoms with E-state index in [-0.39, 0.29) is 0 Å². The second kappa shape index (κ2) is 6.69. The van der Waals surface area contributed by atoms with Crippen molar-refractivity contribution in [1.82, 2.24) is 4.90 Å². The fourth-order valence-electron chi connectivity index (χ4n) is 2.70. The first kappa shape index (κ1) is 13.3. The zero-order valence-electron chi connectivity index (χ0n) is 11.8. The van der Waals surface area contributed by atoms with Crippen molar-refractivity contribution in [3.63, 3.8) is 0 Å². The van der Waals surface area contributed by atoms with E-state index in [1.807, 2.05) is 0 Å². The highest BCUT2D eigenvalue weighted by molar-refractivity contribution is 5.32. The largest absolute Gasteiger partial charge is 0.379 e. The van der Waals surface area contributed by atoms with Crippen LogP contribution >= 0.6 is 0 Å². The smallest absolute Gasteiger partial charge is 0.0594 e. The van der Waals surface area contributed by atoms with Crippen molar-refractivity contribution in [3.8, 4) is 0 Å². The van der Waals surface area contributed by atoms with Crippen molar-refractivity contribution in [3.05, 3.63) is 71.3 Å². The molecule has 2 aromatic rings. The third-order valence-corrected chi connectivity index (χ3v) is 3.85. The van der Waals surface area contributed by atoms with E-state index in [0.29, 0.717) is 0 Å². The first-order chi connectivity index (χ1) is 9.92. The average molecular weight is 267 g/mol. The topological polar surface area (TPSA) is 12.5 Å². The zero-order valence-corrected chi connectivity index (χ0v) is 11.8. The van der Waals surface area contributed by atoms with E-state index in [1.54, 1.807) is 0 Å². The Morgan fingerprint density at radius 2 is 1.45 bits per heavy atom. The Kier molecular flexibility index (Phi) is 4.46. The minimum absolute atomic E-state index is 0.862. The first-order valence-electron chi connectivity index (χ1n) is 7.32. The molecule has 3 rings (SSSR count). The van der Waals surface area contributed by atoms with Gasteiger partial charge in [-0.05, 0) is 23.1 Å². The van der Waals surface area contributed by atoms with Gasteiger partial charge >= 0.3 is 0 Å². The maximum Gasteiger partial charge on any atom is 0.0594 e. The molecule has 0 amide bonds. The lowest BCUT2D eigenvalue weighted by molar-refractivity contribution is 0.0341. The highest BCUT2D eigenvalue weighted by Gasteiger charge is 2.12. The fraction of sp³-hybridized carbons (Fsp3) is 0.333. The molecule has 0 bridgehead atoms. The Labute approximate surface area is 121 Å². The number of hydrogen-bond acceptors (Lipinski definition) is 2. The van der Waals surface area contributed by atoms with Crippen molar-refractivity contribution in [2.24, 2.45) is 0 Å². The van der Waals surface area contributed by atoms with Crippen LogP contribution in [0.4, 0.5) is 0 Å². The summed E-state index contributed by atoms with van der Waals surface area (Å²) in [7, 11) is 0. The summed E-state index contributed by atoms with van der Waals surface area (Å²) in [5.74, 6) is 0. The molecule has 1 aliphatic heterocycles. The van der Waals surface area contributed by atoms with Crippen LogP contribution in [0.3, 0.4) is 0 Å². The number of rotatable bonds is 4. The Bertz CT molecular complexity index is 532. The summed E-state index contributed by atoms with van der Waals surface area (Å²) in [5.41, 5.74) is 4.25. The number of benzene rings is 2. The van der Waals surface area contributed by atoms with Crippen molar-refractivity contribution in [2.45, 2.75) is 13.0 Å². The molecule has 1 fully saturated rings. The monoisotopic (exact) mass is 267 g/mol. The summed E-state index contributed by atoms with van der Waals surface area (Å²) < 4.78 is 5.42. The molecule has 104 valence electrons. The second-order valence-electron chi connectivity index (χ2n) is 5.32. The molecule has 2 nitrogen and oxygen atoms in total. The molecule has 1 aliphatic rings. The SMILES string of the molecule is c1ccc(Cc2ccccc2CN2CCOCC2)cc1. The van der Waals surface area contributed by atoms with Crippen LogP contribution in [0, 0.1) is 0 Å². The van der Waals surface area contributed by atoms with Crippen LogP contribution in [0.15, 0.2) is 54.6 Å². The van der Waals surface area contributed by atoms with Crippen molar-refractivity contribution in [1.29, 1.82) is 0 Å². The van der Waals surface area contributed by atoms with Gasteiger partial charge in [0.25, 0.3) is 0 Å². The molecule has 1 heterocycles. The van der Waals surface area contributed by atoms with Crippen LogP contribution in [0.2, 0.25) is 0 Å². The standard InChI is InChI=1S/C18H21NO/c1-2-6-16(7-3-1)14-17-8-4-5-9-18(17)15-19-10-12-20-13-11-19/h1-9H,10-15H2. The Balaban J connectivity index is 1.74. The summed E-state index contributed by atoms with van der Waals surface area (Å²) in [6, 6.07) is 19.5. The minimum Gasteiger partial charge on any atom is -0.379 e. The molecule has 0 aliphatic carbocycles. The number of ether oxygens (including phenoxy) is 1. The van der Waals surface area contributed by atoms with E-state index in [2.05, 4.69) is 59.5 Å². The molecule has 20 heavy (non-hydrogen) atoms. The molecule has 0 aromatic heterocycles. The van der Waals surface area contributed by atoms with Crippen LogP contribution in [0.25, 0.3) is 0 Å². The normalized spacial score (nSPS) is 16.2. The summed E-state index contributed by atoms with van der Waals surface area (Å²) >= 11 is 0. The summed E-state index contributed by atoms with van der Waals surface area (Å²) in [4.78, 5) is 2.48. The molecule has 2 heteroatoms. The molecule has 1 saturated heterocycles. The van der Waals surface area contributed by atoms with Crippen LogP contribution in [-0.2, 0) is 17.7 Å². The van der Waals surface area contributed by atoms with Gasteiger partial charge in [0.2, 0.25) is 0 Å². The van der Waals surface area contributed by atoms with Gasteiger partial charge in [-0.1, -0.05) is 54.6 Å². The van der Waals surface area contributed by atoms with Gasteiger partial charge < -0.3 is 4.74 Å². The summed E-state index contributed by atoms with van der Waals surface area (Å²) in [6.07, 6.45) is 1.02. The molecule has 0 spiro atoms. The van der Waals surface area contributed by atoms with Gasteiger partial charge in [0.05, 0.1) is 13.2 Å². The van der Waals surface area contributed by atoms with E-state index in [1.165, 1.54) is 16.7 Å². The molecule has 0 saturated carbocycles. The highest BCUT2D eigenvalue weighted by Crippen LogP contribution is 2.17. The first-order valence-corrected chi connectivity index (χ1v) is 7.32. The Morgan fingerprint density at radius 3 is 2.20 bits per heavy atom. The summed E-state index contributed by atoms with van der Waals surface area (Å²) in [5, 5.41) is 0. The quantitative estimate of drug-likeness (QED) is 0.844. The van der Waals surface area contributed by atoms with Gasteiger partial charge in [0.15, 0.2) is 0 Å². The molecule has 0 atom stereocenters. The lowest BCUT2D eigenvalue weighted by Crippen LogP contribution is -2.35. The Hall–Kier alpha value is -1.64. The lowest BCUT2D eigenvalue weighted by atomic mass is 9.99. The number of nitrogens with zero attached hydrogens (tertiary/aromatic N) is 1. The minimum atomic E-state index is 0.862. The van der Waals surface area contributed by atoms with Gasteiger partial charge in [-0.25, -0.2) is 0 Å². The molecule has 0 radical (unpaired) electrons. The number of morpholine rings is 1. The predicted molar refractivity (Wildman–Crippen MR) is 81.8 cm³/mol. The maximum atomic E-state index is 5.42. The number of hydrogen-bond donors (Lipinski definition) is 0. The van der Waals surface area contributed by atoms with Gasteiger partial charge in [-0.2, -0.15) is 0 Å².